The fraction of sp³-hybridized carbons (Fsp3) is 0.261. The van der Waals surface area contributed by atoms with E-state index in [1.807, 2.05) is 23.6 Å². The number of hydrogen-bond acceptors (Lipinski definition) is 6. The molecule has 1 saturated heterocycles. The highest BCUT2D eigenvalue weighted by Gasteiger charge is 2.32. The highest BCUT2D eigenvalue weighted by atomic mass is 32.1. The lowest BCUT2D eigenvalue weighted by Crippen LogP contribution is -2.48. The molecule has 0 aliphatic carbocycles. The highest BCUT2D eigenvalue weighted by Crippen LogP contribution is 2.31. The van der Waals surface area contributed by atoms with Crippen molar-refractivity contribution in [1.82, 2.24) is 25.1 Å². The van der Waals surface area contributed by atoms with Crippen molar-refractivity contribution in [3.8, 4) is 0 Å². The van der Waals surface area contributed by atoms with Crippen molar-refractivity contribution >= 4 is 17.0 Å². The predicted molar refractivity (Wildman–Crippen MR) is 120 cm³/mol. The largest absolute Gasteiger partial charge is 0.369 e. The maximum Gasteiger partial charge on any atom is 0.173 e. The van der Waals surface area contributed by atoms with Gasteiger partial charge in [-0.05, 0) is 52.2 Å². The monoisotopic (exact) mass is 452 g/mol. The van der Waals surface area contributed by atoms with E-state index in [4.69, 9.17) is 0 Å². The Morgan fingerprint density at radius 2 is 1.69 bits per heavy atom. The molecule has 4 aromatic rings. The number of thiophene rings is 1. The first-order valence-corrected chi connectivity index (χ1v) is 11.3. The molecule has 1 fully saturated rings. The van der Waals surface area contributed by atoms with Crippen LogP contribution >= 0.6 is 11.3 Å². The molecule has 0 spiro atoms. The molecular formula is C23H22F2N6S. The molecule has 1 aliphatic heterocycles. The lowest BCUT2D eigenvalue weighted by molar-refractivity contribution is 0.198. The van der Waals surface area contributed by atoms with Gasteiger partial charge >= 0.3 is 0 Å². The molecule has 0 unspecified atom stereocenters. The summed E-state index contributed by atoms with van der Waals surface area (Å²) in [4.78, 5) is 5.56. The van der Waals surface area contributed by atoms with Crippen molar-refractivity contribution in [1.29, 1.82) is 0 Å². The molecule has 1 aliphatic rings. The third-order valence-electron chi connectivity index (χ3n) is 5.76. The molecule has 5 rings (SSSR count). The molecule has 0 saturated carbocycles. The van der Waals surface area contributed by atoms with Crippen molar-refractivity contribution in [2.24, 2.45) is 0 Å². The Morgan fingerprint density at radius 3 is 2.41 bits per heavy atom. The summed E-state index contributed by atoms with van der Waals surface area (Å²) in [6.45, 7) is 3.41. The van der Waals surface area contributed by atoms with Gasteiger partial charge in [0, 0.05) is 42.3 Å². The molecule has 2 aromatic carbocycles. The number of nitrogens with zero attached hydrogens (tertiary/aromatic N) is 6. The number of benzene rings is 2. The third-order valence-corrected chi connectivity index (χ3v) is 6.62. The van der Waals surface area contributed by atoms with Crippen molar-refractivity contribution in [3.05, 3.63) is 93.9 Å². The zero-order valence-corrected chi connectivity index (χ0v) is 18.1. The first-order chi connectivity index (χ1) is 15.7. The van der Waals surface area contributed by atoms with Gasteiger partial charge in [-0.25, -0.2) is 13.5 Å². The maximum absolute atomic E-state index is 14.9. The summed E-state index contributed by atoms with van der Waals surface area (Å²) < 4.78 is 30.0. The fourth-order valence-corrected chi connectivity index (χ4v) is 4.84. The quantitative estimate of drug-likeness (QED) is 0.443. The molecule has 3 heterocycles. The molecule has 6 nitrogen and oxygen atoms in total. The highest BCUT2D eigenvalue weighted by molar-refractivity contribution is 7.09. The first-order valence-electron chi connectivity index (χ1n) is 10.5. The van der Waals surface area contributed by atoms with Crippen LogP contribution in [0.2, 0.25) is 0 Å². The van der Waals surface area contributed by atoms with Gasteiger partial charge in [0.15, 0.2) is 5.82 Å². The van der Waals surface area contributed by atoms with Crippen LogP contribution in [0.4, 0.5) is 14.5 Å². The second-order valence-electron chi connectivity index (χ2n) is 7.70. The van der Waals surface area contributed by atoms with Gasteiger partial charge in [0.05, 0.1) is 6.54 Å². The number of piperazine rings is 1. The molecule has 32 heavy (non-hydrogen) atoms. The van der Waals surface area contributed by atoms with E-state index in [1.165, 1.54) is 18.2 Å². The van der Waals surface area contributed by atoms with Crippen LogP contribution in [-0.4, -0.2) is 51.3 Å². The van der Waals surface area contributed by atoms with Crippen molar-refractivity contribution in [2.75, 3.05) is 31.1 Å². The smallest absolute Gasteiger partial charge is 0.173 e. The molecule has 0 N–H and O–H groups in total. The summed E-state index contributed by atoms with van der Waals surface area (Å²) >= 11 is 1.64. The number of anilines is 1. The summed E-state index contributed by atoms with van der Waals surface area (Å²) in [6.07, 6.45) is 0. The van der Waals surface area contributed by atoms with Crippen LogP contribution in [0.3, 0.4) is 0 Å². The van der Waals surface area contributed by atoms with Crippen LogP contribution in [0, 0.1) is 11.6 Å². The van der Waals surface area contributed by atoms with Gasteiger partial charge in [0.25, 0.3) is 0 Å². The van der Waals surface area contributed by atoms with Gasteiger partial charge in [-0.15, -0.1) is 16.4 Å². The Bertz CT molecular complexity index is 1150. The number of halogens is 2. The Hall–Kier alpha value is -3.17. The summed E-state index contributed by atoms with van der Waals surface area (Å²) in [5.74, 6) is 0.104. The minimum absolute atomic E-state index is 0.246. The second kappa shape index (κ2) is 9.13. The Labute approximate surface area is 188 Å². The molecule has 1 atom stereocenters. The molecule has 0 bridgehead atoms. The summed E-state index contributed by atoms with van der Waals surface area (Å²) in [5, 5.41) is 14.5. The van der Waals surface area contributed by atoms with Gasteiger partial charge in [0.2, 0.25) is 0 Å². The molecular weight excluding hydrogens is 430 g/mol. The SMILES string of the molecule is Fc1ccc(N2CCN([C@@H](c3ccccc3F)c3nnnn3Cc3cccs3)CC2)cc1. The number of rotatable bonds is 6. The van der Waals surface area contributed by atoms with E-state index in [0.717, 1.165) is 23.7 Å². The van der Waals surface area contributed by atoms with Crippen molar-refractivity contribution in [2.45, 2.75) is 12.6 Å². The van der Waals surface area contributed by atoms with E-state index in [1.54, 1.807) is 40.3 Å². The molecule has 0 radical (unpaired) electrons. The van der Waals surface area contributed by atoms with E-state index in [0.29, 0.717) is 31.0 Å². The zero-order valence-electron chi connectivity index (χ0n) is 17.3. The van der Waals surface area contributed by atoms with Crippen molar-refractivity contribution < 1.29 is 8.78 Å². The van der Waals surface area contributed by atoms with E-state index in [-0.39, 0.29) is 11.6 Å². The Kier molecular flexibility index (Phi) is 5.91. The van der Waals surface area contributed by atoms with Gasteiger partial charge < -0.3 is 4.90 Å². The van der Waals surface area contributed by atoms with E-state index < -0.39 is 6.04 Å². The lowest BCUT2D eigenvalue weighted by Gasteiger charge is -2.40. The number of aromatic nitrogens is 4. The van der Waals surface area contributed by atoms with Crippen LogP contribution in [0.1, 0.15) is 22.3 Å². The van der Waals surface area contributed by atoms with Gasteiger partial charge in [0.1, 0.15) is 17.7 Å². The predicted octanol–water partition coefficient (Wildman–Crippen LogP) is 3.97. The van der Waals surface area contributed by atoms with Crippen LogP contribution in [0.25, 0.3) is 0 Å². The minimum atomic E-state index is -0.401. The summed E-state index contributed by atoms with van der Waals surface area (Å²) in [5.41, 5.74) is 1.54. The maximum atomic E-state index is 14.9. The fourth-order valence-electron chi connectivity index (χ4n) is 4.16. The van der Waals surface area contributed by atoms with E-state index in [2.05, 4.69) is 25.3 Å². The normalized spacial score (nSPS) is 15.8. The van der Waals surface area contributed by atoms with Crippen LogP contribution in [-0.2, 0) is 6.54 Å². The molecule has 0 amide bonds. The molecule has 2 aromatic heterocycles. The topological polar surface area (TPSA) is 50.1 Å². The average molecular weight is 453 g/mol. The molecule has 9 heteroatoms. The zero-order chi connectivity index (χ0) is 21.9. The summed E-state index contributed by atoms with van der Waals surface area (Å²) in [6, 6.07) is 17.0. The van der Waals surface area contributed by atoms with Crippen LogP contribution < -0.4 is 4.90 Å². The Balaban J connectivity index is 1.43. The lowest BCUT2D eigenvalue weighted by atomic mass is 10.0. The van der Waals surface area contributed by atoms with Gasteiger partial charge in [-0.1, -0.05) is 24.3 Å². The number of tetrazole rings is 1. The molecule has 164 valence electrons. The first kappa shape index (κ1) is 20.7. The minimum Gasteiger partial charge on any atom is -0.369 e. The van der Waals surface area contributed by atoms with E-state index >= 15 is 0 Å². The summed E-state index contributed by atoms with van der Waals surface area (Å²) in [7, 11) is 0. The number of hydrogen-bond donors (Lipinski definition) is 0. The van der Waals surface area contributed by atoms with E-state index in [9.17, 15) is 8.78 Å². The standard InChI is InChI=1S/C23H22F2N6S/c24-17-7-9-18(10-8-17)29-11-13-30(14-12-29)22(20-5-1-2-6-21(20)25)23-26-27-28-31(23)16-19-4-3-15-32-19/h1-10,15,22H,11-14,16H2/t22-/m0/s1. The van der Waals surface area contributed by atoms with Crippen LogP contribution in [0.15, 0.2) is 66.0 Å². The van der Waals surface area contributed by atoms with Gasteiger partial charge in [-0.3, -0.25) is 4.90 Å². The second-order valence-corrected chi connectivity index (χ2v) is 8.73. The van der Waals surface area contributed by atoms with Gasteiger partial charge in [-0.2, -0.15) is 0 Å². The third kappa shape index (κ3) is 4.26. The van der Waals surface area contributed by atoms with Crippen LogP contribution in [0.5, 0.6) is 0 Å². The van der Waals surface area contributed by atoms with Crippen molar-refractivity contribution in [3.63, 3.8) is 0 Å². The average Bonchev–Trinajstić information content (AvgIpc) is 3.49. The Morgan fingerprint density at radius 1 is 0.906 bits per heavy atom.